The van der Waals surface area contributed by atoms with Gasteiger partial charge in [-0.2, -0.15) is 0 Å². The minimum absolute atomic E-state index is 0.543. The maximum absolute atomic E-state index is 5.83. The Morgan fingerprint density at radius 3 is 2.13 bits per heavy atom. The highest BCUT2D eigenvalue weighted by atomic mass is 35.8. The van der Waals surface area contributed by atoms with E-state index in [0.717, 1.165) is 12.8 Å². The first-order valence-electron chi connectivity index (χ1n) is 4.72. The maximum atomic E-state index is 5.83. The van der Waals surface area contributed by atoms with E-state index in [9.17, 15) is 0 Å². The Morgan fingerprint density at radius 1 is 1.00 bits per heavy atom. The first kappa shape index (κ1) is 13.7. The number of benzene rings is 1. The van der Waals surface area contributed by atoms with Crippen LogP contribution in [0.5, 0.6) is 0 Å². The average Bonchev–Trinajstić information content (AvgIpc) is 2.16. The van der Waals surface area contributed by atoms with Gasteiger partial charge in [0.05, 0.1) is 0 Å². The van der Waals surface area contributed by atoms with Gasteiger partial charge in [-0.3, -0.25) is 0 Å². The lowest BCUT2D eigenvalue weighted by molar-refractivity contribution is 0.904. The van der Waals surface area contributed by atoms with Crippen LogP contribution in [0.1, 0.15) is 17.5 Å². The summed E-state index contributed by atoms with van der Waals surface area (Å²) >= 11 is 23.3. The fraction of sp³-hybridized carbons (Fsp3) is 0.400. The summed E-state index contributed by atoms with van der Waals surface area (Å²) in [6, 6.07) is 6.37. The van der Waals surface area contributed by atoms with E-state index in [2.05, 4.69) is 6.07 Å². The van der Waals surface area contributed by atoms with E-state index in [1.807, 2.05) is 18.2 Å². The van der Waals surface area contributed by atoms with Gasteiger partial charge in [0.2, 0.25) is 0 Å². The van der Waals surface area contributed by atoms with Crippen molar-refractivity contribution in [1.29, 1.82) is 0 Å². The minimum atomic E-state index is -2.45. The Morgan fingerprint density at radius 2 is 1.60 bits per heavy atom. The Kier molecular flexibility index (Phi) is 5.79. The number of hydrogen-bond acceptors (Lipinski definition) is 0. The molecule has 0 bridgehead atoms. The molecule has 0 aromatic heterocycles. The summed E-state index contributed by atoms with van der Waals surface area (Å²) in [4.78, 5) is 0. The van der Waals surface area contributed by atoms with E-state index in [1.165, 1.54) is 11.1 Å². The van der Waals surface area contributed by atoms with Gasteiger partial charge in [-0.15, -0.1) is 44.8 Å². The van der Waals surface area contributed by atoms with Gasteiger partial charge in [0.15, 0.2) is 0 Å². The molecule has 0 aliphatic rings. The summed E-state index contributed by atoms with van der Waals surface area (Å²) in [6.07, 6.45) is 1.85. The first-order valence-corrected chi connectivity index (χ1v) is 10.5. The molecule has 0 nitrogen and oxygen atoms in total. The van der Waals surface area contributed by atoms with Crippen molar-refractivity contribution in [2.24, 2.45) is 0 Å². The van der Waals surface area contributed by atoms with Gasteiger partial charge in [-0.25, -0.2) is 0 Å². The zero-order chi connectivity index (χ0) is 11.3. The largest absolute Gasteiger partial charge is 0.341 e. The number of alkyl halides is 1. The van der Waals surface area contributed by atoms with Gasteiger partial charge in [-0.1, -0.05) is 24.3 Å². The van der Waals surface area contributed by atoms with E-state index in [-0.39, 0.29) is 0 Å². The molecule has 1 aromatic rings. The summed E-state index contributed by atoms with van der Waals surface area (Å²) in [5.41, 5.74) is 2.43. The van der Waals surface area contributed by atoms with E-state index < -0.39 is 6.00 Å². The van der Waals surface area contributed by atoms with Crippen LogP contribution in [-0.4, -0.2) is 6.00 Å². The lowest BCUT2D eigenvalue weighted by atomic mass is 10.0. The number of aryl methyl sites for hydroxylation is 1. The molecule has 1 aromatic carbocycles. The van der Waals surface area contributed by atoms with Crippen molar-refractivity contribution < 1.29 is 0 Å². The minimum Gasteiger partial charge on any atom is -0.126 e. The predicted octanol–water partition coefficient (Wildman–Crippen LogP) is 5.01. The number of halogens is 4. The molecular weight excluding hydrogens is 290 g/mol. The molecule has 84 valence electrons. The second-order valence-corrected chi connectivity index (χ2v) is 12.9. The fourth-order valence-electron chi connectivity index (χ4n) is 1.41. The maximum Gasteiger partial charge on any atom is 0.341 e. The second kappa shape index (κ2) is 6.36. The SMILES string of the molecule is ClCc1ccccc1CCC[Si](Cl)(Cl)Cl. The zero-order valence-electron chi connectivity index (χ0n) is 8.15. The van der Waals surface area contributed by atoms with Crippen molar-refractivity contribution in [3.8, 4) is 0 Å². The molecule has 0 saturated heterocycles. The monoisotopic (exact) mass is 300 g/mol. The van der Waals surface area contributed by atoms with Crippen molar-refractivity contribution in [1.82, 2.24) is 0 Å². The van der Waals surface area contributed by atoms with Gasteiger partial charge in [-0.05, 0) is 30.0 Å². The Balaban J connectivity index is 2.50. The fourth-order valence-corrected chi connectivity index (χ4v) is 3.45. The van der Waals surface area contributed by atoms with Crippen LogP contribution < -0.4 is 0 Å². The molecule has 0 saturated carbocycles. The third-order valence-electron chi connectivity index (χ3n) is 2.17. The smallest absolute Gasteiger partial charge is 0.126 e. The molecule has 1 rings (SSSR count). The van der Waals surface area contributed by atoms with Crippen molar-refractivity contribution in [3.05, 3.63) is 35.4 Å². The normalized spacial score (nSPS) is 11.7. The van der Waals surface area contributed by atoms with Gasteiger partial charge >= 0.3 is 6.00 Å². The molecule has 5 heteroatoms. The standard InChI is InChI=1S/C10H12Cl4Si/c11-8-10-5-2-1-4-9(10)6-3-7-15(12,13)14/h1-2,4-5H,3,6-8H2. The highest BCUT2D eigenvalue weighted by Gasteiger charge is 2.23. The first-order chi connectivity index (χ1) is 7.03. The van der Waals surface area contributed by atoms with Gasteiger partial charge in [0, 0.05) is 5.88 Å². The zero-order valence-corrected chi connectivity index (χ0v) is 12.2. The summed E-state index contributed by atoms with van der Waals surface area (Å²) in [6.45, 7) is 0. The quantitative estimate of drug-likeness (QED) is 0.407. The van der Waals surface area contributed by atoms with Crippen LogP contribution >= 0.6 is 44.8 Å². The van der Waals surface area contributed by atoms with Crippen LogP contribution in [0.15, 0.2) is 24.3 Å². The molecule has 0 spiro atoms. The lowest BCUT2D eigenvalue weighted by Gasteiger charge is -2.09. The highest BCUT2D eigenvalue weighted by molar-refractivity contribution is 7.64. The second-order valence-electron chi connectivity index (χ2n) is 3.37. The summed E-state index contributed by atoms with van der Waals surface area (Å²) in [5, 5.41) is 0. The molecule has 0 amide bonds. The third-order valence-corrected chi connectivity index (χ3v) is 5.08. The van der Waals surface area contributed by atoms with E-state index >= 15 is 0 Å². The molecule has 0 aliphatic heterocycles. The summed E-state index contributed by atoms with van der Waals surface area (Å²) in [7, 11) is 0. The molecule has 0 N–H and O–H groups in total. The molecular formula is C10H12Cl4Si. The Labute approximate surface area is 111 Å². The molecule has 0 radical (unpaired) electrons. The van der Waals surface area contributed by atoms with Crippen molar-refractivity contribution in [2.45, 2.75) is 24.8 Å². The Hall–Kier alpha value is 0.597. The third kappa shape index (κ3) is 5.46. The lowest BCUT2D eigenvalue weighted by Crippen LogP contribution is -2.08. The van der Waals surface area contributed by atoms with Crippen LogP contribution in [-0.2, 0) is 12.3 Å². The van der Waals surface area contributed by atoms with Crippen LogP contribution in [0.2, 0.25) is 6.04 Å². The molecule has 0 atom stereocenters. The van der Waals surface area contributed by atoms with E-state index in [1.54, 1.807) is 0 Å². The predicted molar refractivity (Wildman–Crippen MR) is 72.4 cm³/mol. The van der Waals surface area contributed by atoms with Crippen molar-refractivity contribution in [2.75, 3.05) is 0 Å². The molecule has 0 aliphatic carbocycles. The van der Waals surface area contributed by atoms with Gasteiger partial charge < -0.3 is 0 Å². The van der Waals surface area contributed by atoms with Crippen LogP contribution in [0.4, 0.5) is 0 Å². The highest BCUT2D eigenvalue weighted by Crippen LogP contribution is 2.27. The van der Waals surface area contributed by atoms with Crippen LogP contribution in [0.25, 0.3) is 0 Å². The average molecular weight is 302 g/mol. The molecule has 0 unspecified atom stereocenters. The molecule has 0 heterocycles. The van der Waals surface area contributed by atoms with Crippen molar-refractivity contribution in [3.63, 3.8) is 0 Å². The summed E-state index contributed by atoms with van der Waals surface area (Å²) < 4.78 is 0. The Bertz CT molecular complexity index is 309. The molecule has 15 heavy (non-hydrogen) atoms. The topological polar surface area (TPSA) is 0 Å². The number of rotatable bonds is 5. The van der Waals surface area contributed by atoms with Gasteiger partial charge in [0.1, 0.15) is 0 Å². The summed E-state index contributed by atoms with van der Waals surface area (Å²) in [5.74, 6) is 0.543. The van der Waals surface area contributed by atoms with Crippen LogP contribution in [0, 0.1) is 0 Å². The number of hydrogen-bond donors (Lipinski definition) is 0. The van der Waals surface area contributed by atoms with E-state index in [4.69, 9.17) is 44.8 Å². The van der Waals surface area contributed by atoms with Crippen molar-refractivity contribution >= 4 is 50.8 Å². The molecule has 0 fully saturated rings. The van der Waals surface area contributed by atoms with Gasteiger partial charge in [0.25, 0.3) is 0 Å². The van der Waals surface area contributed by atoms with Crippen LogP contribution in [0.3, 0.4) is 0 Å². The van der Waals surface area contributed by atoms with E-state index in [0.29, 0.717) is 11.9 Å².